The number of pyridine rings is 1. The van der Waals surface area contributed by atoms with Crippen molar-refractivity contribution in [2.24, 2.45) is 0 Å². The van der Waals surface area contributed by atoms with Crippen LogP contribution in [-0.4, -0.2) is 26.3 Å². The quantitative estimate of drug-likeness (QED) is 0.850. The van der Waals surface area contributed by atoms with E-state index in [2.05, 4.69) is 20.4 Å². The van der Waals surface area contributed by atoms with E-state index < -0.39 is 0 Å². The lowest BCUT2D eigenvalue weighted by Gasteiger charge is -2.06. The molecule has 0 aliphatic rings. The summed E-state index contributed by atoms with van der Waals surface area (Å²) in [6, 6.07) is 3.88. The lowest BCUT2D eigenvalue weighted by atomic mass is 10.4. The minimum absolute atomic E-state index is 0.777. The molecule has 0 aliphatic carbocycles. The highest BCUT2D eigenvalue weighted by Crippen LogP contribution is 2.12. The van der Waals surface area contributed by atoms with Gasteiger partial charge in [-0.2, -0.15) is 5.10 Å². The van der Waals surface area contributed by atoms with Crippen LogP contribution in [0.5, 0.6) is 0 Å². The van der Waals surface area contributed by atoms with Gasteiger partial charge in [-0.15, -0.1) is 0 Å². The summed E-state index contributed by atoms with van der Waals surface area (Å²) in [5, 5.41) is 7.50. The Morgan fingerprint density at radius 1 is 1.38 bits per heavy atom. The van der Waals surface area contributed by atoms with E-state index in [9.17, 15) is 0 Å². The molecule has 2 aromatic rings. The highest BCUT2D eigenvalue weighted by atomic mass is 15.3. The van der Waals surface area contributed by atoms with Crippen LogP contribution in [0.15, 0.2) is 18.3 Å². The van der Waals surface area contributed by atoms with E-state index in [0.29, 0.717) is 0 Å². The SMILES string of the molecule is CCNc1cc(-n2nc(C)nc2C)ccn1. The third-order valence-corrected chi connectivity index (χ3v) is 2.22. The number of hydrogen-bond acceptors (Lipinski definition) is 4. The third kappa shape index (κ3) is 2.03. The van der Waals surface area contributed by atoms with Gasteiger partial charge < -0.3 is 5.32 Å². The van der Waals surface area contributed by atoms with Crippen molar-refractivity contribution in [2.45, 2.75) is 20.8 Å². The number of hydrogen-bond donors (Lipinski definition) is 1. The van der Waals surface area contributed by atoms with Crippen molar-refractivity contribution >= 4 is 5.82 Å². The average molecular weight is 217 g/mol. The summed E-state index contributed by atoms with van der Waals surface area (Å²) in [6.07, 6.45) is 1.77. The topological polar surface area (TPSA) is 55.6 Å². The molecule has 0 spiro atoms. The number of aryl methyl sites for hydroxylation is 2. The van der Waals surface area contributed by atoms with Gasteiger partial charge in [0.25, 0.3) is 0 Å². The zero-order chi connectivity index (χ0) is 11.5. The lowest BCUT2D eigenvalue weighted by molar-refractivity contribution is 0.829. The van der Waals surface area contributed by atoms with Crippen molar-refractivity contribution in [1.29, 1.82) is 0 Å². The first-order valence-corrected chi connectivity index (χ1v) is 5.31. The molecule has 2 rings (SSSR count). The van der Waals surface area contributed by atoms with Crippen molar-refractivity contribution in [3.05, 3.63) is 30.0 Å². The second-order valence-corrected chi connectivity index (χ2v) is 3.55. The van der Waals surface area contributed by atoms with Crippen LogP contribution in [0.4, 0.5) is 5.82 Å². The van der Waals surface area contributed by atoms with Crippen LogP contribution in [0.3, 0.4) is 0 Å². The molecule has 0 unspecified atom stereocenters. The molecule has 0 saturated heterocycles. The smallest absolute Gasteiger partial charge is 0.148 e. The van der Waals surface area contributed by atoms with Gasteiger partial charge in [0.05, 0.1) is 5.69 Å². The van der Waals surface area contributed by atoms with Crippen LogP contribution < -0.4 is 5.32 Å². The Morgan fingerprint density at radius 3 is 2.81 bits per heavy atom. The van der Waals surface area contributed by atoms with E-state index in [4.69, 9.17) is 0 Å². The van der Waals surface area contributed by atoms with E-state index in [0.717, 1.165) is 29.7 Å². The van der Waals surface area contributed by atoms with Gasteiger partial charge in [-0.25, -0.2) is 14.6 Å². The Morgan fingerprint density at radius 2 is 2.19 bits per heavy atom. The minimum atomic E-state index is 0.777. The highest BCUT2D eigenvalue weighted by Gasteiger charge is 2.05. The molecule has 5 nitrogen and oxygen atoms in total. The number of anilines is 1. The van der Waals surface area contributed by atoms with Crippen molar-refractivity contribution in [2.75, 3.05) is 11.9 Å². The van der Waals surface area contributed by atoms with Crippen LogP contribution >= 0.6 is 0 Å². The molecule has 0 aromatic carbocycles. The molecule has 0 fully saturated rings. The van der Waals surface area contributed by atoms with Crippen molar-refractivity contribution in [1.82, 2.24) is 19.7 Å². The van der Waals surface area contributed by atoms with Gasteiger partial charge in [-0.3, -0.25) is 0 Å². The van der Waals surface area contributed by atoms with Gasteiger partial charge in [-0.05, 0) is 26.8 Å². The minimum Gasteiger partial charge on any atom is -0.370 e. The van der Waals surface area contributed by atoms with Crippen molar-refractivity contribution in [3.8, 4) is 5.69 Å². The molecular formula is C11H15N5. The molecule has 1 N–H and O–H groups in total. The number of nitrogens with zero attached hydrogens (tertiary/aromatic N) is 4. The normalized spacial score (nSPS) is 10.4. The predicted octanol–water partition coefficient (Wildman–Crippen LogP) is 1.71. The molecule has 0 bridgehead atoms. The number of nitrogens with one attached hydrogen (secondary N) is 1. The van der Waals surface area contributed by atoms with Gasteiger partial charge in [0.1, 0.15) is 17.5 Å². The molecular weight excluding hydrogens is 202 g/mol. The molecule has 0 saturated carbocycles. The summed E-state index contributed by atoms with van der Waals surface area (Å²) in [4.78, 5) is 8.49. The second-order valence-electron chi connectivity index (χ2n) is 3.55. The van der Waals surface area contributed by atoms with Crippen LogP contribution in [-0.2, 0) is 0 Å². The fourth-order valence-electron chi connectivity index (χ4n) is 1.59. The first-order valence-electron chi connectivity index (χ1n) is 5.31. The van der Waals surface area contributed by atoms with E-state index in [1.807, 2.05) is 37.6 Å². The highest BCUT2D eigenvalue weighted by molar-refractivity contribution is 5.44. The fraction of sp³-hybridized carbons (Fsp3) is 0.364. The fourth-order valence-corrected chi connectivity index (χ4v) is 1.59. The zero-order valence-electron chi connectivity index (χ0n) is 9.73. The van der Waals surface area contributed by atoms with Crippen LogP contribution in [0.2, 0.25) is 0 Å². The Bertz CT molecular complexity index is 489. The van der Waals surface area contributed by atoms with Crippen LogP contribution in [0.25, 0.3) is 5.69 Å². The number of aromatic nitrogens is 4. The summed E-state index contributed by atoms with van der Waals surface area (Å²) in [7, 11) is 0. The van der Waals surface area contributed by atoms with E-state index in [1.54, 1.807) is 6.20 Å². The van der Waals surface area contributed by atoms with Crippen LogP contribution in [0.1, 0.15) is 18.6 Å². The van der Waals surface area contributed by atoms with Crippen molar-refractivity contribution < 1.29 is 0 Å². The summed E-state index contributed by atoms with van der Waals surface area (Å²) < 4.78 is 1.82. The predicted molar refractivity (Wildman–Crippen MR) is 62.8 cm³/mol. The maximum absolute atomic E-state index is 4.33. The molecule has 5 heteroatoms. The molecule has 16 heavy (non-hydrogen) atoms. The molecule has 84 valence electrons. The standard InChI is InChI=1S/C11H15N5/c1-4-12-11-7-10(5-6-13-11)16-9(3)14-8(2)15-16/h5-7H,4H2,1-3H3,(H,12,13). The Balaban J connectivity index is 2.40. The van der Waals surface area contributed by atoms with Crippen molar-refractivity contribution in [3.63, 3.8) is 0 Å². The second kappa shape index (κ2) is 4.30. The van der Waals surface area contributed by atoms with E-state index in [-0.39, 0.29) is 0 Å². The molecule has 2 heterocycles. The first kappa shape index (κ1) is 10.6. The Kier molecular flexibility index (Phi) is 2.85. The maximum Gasteiger partial charge on any atom is 0.148 e. The number of rotatable bonds is 3. The summed E-state index contributed by atoms with van der Waals surface area (Å²) in [5.41, 5.74) is 0.976. The first-order chi connectivity index (χ1) is 7.70. The lowest BCUT2D eigenvalue weighted by Crippen LogP contribution is -2.03. The molecule has 2 aromatic heterocycles. The summed E-state index contributed by atoms with van der Waals surface area (Å²) in [5.74, 6) is 2.51. The Labute approximate surface area is 94.5 Å². The van der Waals surface area contributed by atoms with Gasteiger partial charge in [-0.1, -0.05) is 0 Å². The van der Waals surface area contributed by atoms with Gasteiger partial charge in [0.2, 0.25) is 0 Å². The van der Waals surface area contributed by atoms with Crippen LogP contribution in [0, 0.1) is 13.8 Å². The molecule has 0 amide bonds. The van der Waals surface area contributed by atoms with Gasteiger partial charge in [0, 0.05) is 18.8 Å². The molecule has 0 atom stereocenters. The van der Waals surface area contributed by atoms with Gasteiger partial charge >= 0.3 is 0 Å². The van der Waals surface area contributed by atoms with Gasteiger partial charge in [0.15, 0.2) is 0 Å². The zero-order valence-corrected chi connectivity index (χ0v) is 9.73. The summed E-state index contributed by atoms with van der Waals surface area (Å²) in [6.45, 7) is 6.72. The molecule has 0 radical (unpaired) electrons. The monoisotopic (exact) mass is 217 g/mol. The molecule has 0 aliphatic heterocycles. The average Bonchev–Trinajstić information content (AvgIpc) is 2.59. The maximum atomic E-state index is 4.33. The third-order valence-electron chi connectivity index (χ3n) is 2.22. The van der Waals surface area contributed by atoms with E-state index >= 15 is 0 Å². The summed E-state index contributed by atoms with van der Waals surface area (Å²) >= 11 is 0. The largest absolute Gasteiger partial charge is 0.370 e. The van der Waals surface area contributed by atoms with E-state index in [1.165, 1.54) is 0 Å². The Hall–Kier alpha value is -1.91.